The molecule has 0 atom stereocenters. The minimum Gasteiger partial charge on any atom is -0.397 e. The molecule has 0 amide bonds. The molecular weight excluding hydrogens is 304 g/mol. The molecular formula is C12H10BrF2N3. The predicted octanol–water partition coefficient (Wildman–Crippen LogP) is 3.76. The van der Waals surface area contributed by atoms with E-state index in [0.29, 0.717) is 11.5 Å². The van der Waals surface area contributed by atoms with Crippen LogP contribution in [-0.4, -0.2) is 4.98 Å². The average Bonchev–Trinajstić information content (AvgIpc) is 2.29. The Morgan fingerprint density at radius 3 is 2.61 bits per heavy atom. The molecule has 18 heavy (non-hydrogen) atoms. The Morgan fingerprint density at radius 2 is 1.94 bits per heavy atom. The van der Waals surface area contributed by atoms with Crippen LogP contribution >= 0.6 is 15.9 Å². The Morgan fingerprint density at radius 1 is 1.22 bits per heavy atom. The van der Waals surface area contributed by atoms with E-state index in [0.717, 1.165) is 11.6 Å². The third kappa shape index (κ3) is 2.59. The fraction of sp³-hybridized carbons (Fsp3) is 0.0833. The molecule has 1 aromatic carbocycles. The van der Waals surface area contributed by atoms with E-state index < -0.39 is 11.6 Å². The normalized spacial score (nSPS) is 10.4. The summed E-state index contributed by atoms with van der Waals surface area (Å²) < 4.78 is 26.8. The smallest absolute Gasteiger partial charge is 0.149 e. The van der Waals surface area contributed by atoms with Gasteiger partial charge in [-0.2, -0.15) is 0 Å². The first-order valence-electron chi connectivity index (χ1n) is 5.11. The molecule has 0 radical (unpaired) electrons. The molecule has 3 N–H and O–H groups in total. The van der Waals surface area contributed by atoms with E-state index in [9.17, 15) is 8.78 Å². The Labute approximate surface area is 111 Å². The van der Waals surface area contributed by atoms with Crippen LogP contribution in [0.25, 0.3) is 0 Å². The van der Waals surface area contributed by atoms with Gasteiger partial charge in [0.2, 0.25) is 0 Å². The Bertz CT molecular complexity index is 602. The molecule has 3 nitrogen and oxygen atoms in total. The van der Waals surface area contributed by atoms with Crippen LogP contribution in [0.3, 0.4) is 0 Å². The van der Waals surface area contributed by atoms with E-state index >= 15 is 0 Å². The van der Waals surface area contributed by atoms with Gasteiger partial charge in [-0.1, -0.05) is 0 Å². The number of aromatic nitrogens is 1. The van der Waals surface area contributed by atoms with Crippen molar-refractivity contribution in [2.75, 3.05) is 11.1 Å². The maximum atomic E-state index is 13.6. The van der Waals surface area contributed by atoms with Crippen molar-refractivity contribution < 1.29 is 8.78 Å². The van der Waals surface area contributed by atoms with E-state index in [2.05, 4.69) is 26.2 Å². The minimum atomic E-state index is -0.686. The minimum absolute atomic E-state index is 0.142. The van der Waals surface area contributed by atoms with Crippen molar-refractivity contribution in [1.82, 2.24) is 4.98 Å². The SMILES string of the molecule is Cc1cc(N)cnc1Nc1cc(Br)c(F)cc1F. The van der Waals surface area contributed by atoms with Gasteiger partial charge in [0.1, 0.15) is 17.5 Å². The highest BCUT2D eigenvalue weighted by molar-refractivity contribution is 9.10. The number of anilines is 3. The van der Waals surface area contributed by atoms with Crippen LogP contribution in [0, 0.1) is 18.6 Å². The van der Waals surface area contributed by atoms with Gasteiger partial charge >= 0.3 is 0 Å². The topological polar surface area (TPSA) is 50.9 Å². The molecule has 0 saturated heterocycles. The van der Waals surface area contributed by atoms with Gasteiger partial charge in [-0.05, 0) is 40.5 Å². The lowest BCUT2D eigenvalue weighted by molar-refractivity contribution is 0.581. The van der Waals surface area contributed by atoms with Gasteiger partial charge < -0.3 is 11.1 Å². The standard InChI is InChI=1S/C12H10BrF2N3/c1-6-2-7(16)5-17-12(6)18-11-3-8(13)9(14)4-10(11)15/h2-5H,16H2,1H3,(H,17,18). The Balaban J connectivity index is 2.37. The number of aryl methyl sites for hydroxylation is 1. The highest BCUT2D eigenvalue weighted by atomic mass is 79.9. The number of hydrogen-bond donors (Lipinski definition) is 2. The van der Waals surface area contributed by atoms with Gasteiger partial charge in [-0.15, -0.1) is 0 Å². The molecule has 1 aromatic heterocycles. The number of hydrogen-bond acceptors (Lipinski definition) is 3. The fourth-order valence-electron chi connectivity index (χ4n) is 1.47. The van der Waals surface area contributed by atoms with Gasteiger partial charge in [0, 0.05) is 6.07 Å². The van der Waals surface area contributed by atoms with Crippen LogP contribution in [0.5, 0.6) is 0 Å². The number of benzene rings is 1. The van der Waals surface area contributed by atoms with Gasteiger partial charge in [0.05, 0.1) is 22.0 Å². The number of nitrogen functional groups attached to an aromatic ring is 1. The van der Waals surface area contributed by atoms with Crippen LogP contribution in [0.1, 0.15) is 5.56 Å². The number of nitrogens with one attached hydrogen (secondary N) is 1. The summed E-state index contributed by atoms with van der Waals surface area (Å²) in [4.78, 5) is 4.05. The van der Waals surface area contributed by atoms with Crippen LogP contribution in [0.15, 0.2) is 28.9 Å². The predicted molar refractivity (Wildman–Crippen MR) is 70.7 cm³/mol. The van der Waals surface area contributed by atoms with E-state index in [4.69, 9.17) is 5.73 Å². The van der Waals surface area contributed by atoms with E-state index in [1.807, 2.05) is 0 Å². The Kier molecular flexibility index (Phi) is 3.47. The van der Waals surface area contributed by atoms with Crippen molar-refractivity contribution in [3.63, 3.8) is 0 Å². The molecule has 6 heteroatoms. The van der Waals surface area contributed by atoms with Crippen molar-refractivity contribution in [1.29, 1.82) is 0 Å². The summed E-state index contributed by atoms with van der Waals surface area (Å²) >= 11 is 3.00. The van der Waals surface area contributed by atoms with E-state index in [1.54, 1.807) is 13.0 Å². The summed E-state index contributed by atoms with van der Waals surface area (Å²) in [6, 6.07) is 3.84. The summed E-state index contributed by atoms with van der Waals surface area (Å²) in [5.41, 5.74) is 7.02. The second-order valence-corrected chi connectivity index (χ2v) is 4.66. The molecule has 2 rings (SSSR count). The first-order chi connectivity index (χ1) is 8.47. The van der Waals surface area contributed by atoms with E-state index in [-0.39, 0.29) is 10.2 Å². The van der Waals surface area contributed by atoms with Crippen LogP contribution in [0.4, 0.5) is 26.0 Å². The number of pyridine rings is 1. The summed E-state index contributed by atoms with van der Waals surface area (Å²) in [6.07, 6.45) is 1.46. The van der Waals surface area contributed by atoms with Gasteiger partial charge in [-0.3, -0.25) is 0 Å². The maximum absolute atomic E-state index is 13.6. The van der Waals surface area contributed by atoms with Crippen molar-refractivity contribution in [3.05, 3.63) is 46.1 Å². The Hall–Kier alpha value is -1.69. The monoisotopic (exact) mass is 313 g/mol. The number of halogens is 3. The summed E-state index contributed by atoms with van der Waals surface area (Å²) in [5, 5.41) is 2.80. The maximum Gasteiger partial charge on any atom is 0.149 e. The van der Waals surface area contributed by atoms with E-state index in [1.165, 1.54) is 12.3 Å². The molecule has 94 valence electrons. The lowest BCUT2D eigenvalue weighted by Crippen LogP contribution is -2.00. The van der Waals surface area contributed by atoms with Crippen molar-refractivity contribution in [2.24, 2.45) is 0 Å². The molecule has 0 bridgehead atoms. The van der Waals surface area contributed by atoms with Crippen LogP contribution in [-0.2, 0) is 0 Å². The third-order valence-corrected chi connectivity index (χ3v) is 2.97. The van der Waals surface area contributed by atoms with Gasteiger partial charge in [-0.25, -0.2) is 13.8 Å². The third-order valence-electron chi connectivity index (χ3n) is 2.36. The van der Waals surface area contributed by atoms with Crippen molar-refractivity contribution >= 4 is 33.1 Å². The van der Waals surface area contributed by atoms with Crippen molar-refractivity contribution in [2.45, 2.75) is 6.92 Å². The first-order valence-corrected chi connectivity index (χ1v) is 5.90. The molecule has 0 aliphatic heterocycles. The van der Waals surface area contributed by atoms with Gasteiger partial charge in [0.25, 0.3) is 0 Å². The molecule has 1 heterocycles. The summed E-state index contributed by atoms with van der Waals surface area (Å²) in [7, 11) is 0. The number of rotatable bonds is 2. The molecule has 0 aliphatic rings. The quantitative estimate of drug-likeness (QED) is 0.830. The van der Waals surface area contributed by atoms with Crippen molar-refractivity contribution in [3.8, 4) is 0 Å². The molecule has 0 spiro atoms. The highest BCUT2D eigenvalue weighted by Crippen LogP contribution is 2.27. The second kappa shape index (κ2) is 4.89. The zero-order valence-electron chi connectivity index (χ0n) is 9.47. The zero-order chi connectivity index (χ0) is 13.3. The first kappa shape index (κ1) is 12.8. The second-order valence-electron chi connectivity index (χ2n) is 3.81. The molecule has 0 aliphatic carbocycles. The number of nitrogens with zero attached hydrogens (tertiary/aromatic N) is 1. The van der Waals surface area contributed by atoms with Gasteiger partial charge in [0.15, 0.2) is 0 Å². The zero-order valence-corrected chi connectivity index (χ0v) is 11.1. The lowest BCUT2D eigenvalue weighted by Gasteiger charge is -2.10. The average molecular weight is 314 g/mol. The van der Waals surface area contributed by atoms with Crippen LogP contribution in [0.2, 0.25) is 0 Å². The largest absolute Gasteiger partial charge is 0.397 e. The summed E-state index contributed by atoms with van der Waals surface area (Å²) in [5.74, 6) is -0.865. The molecule has 0 saturated carbocycles. The molecule has 0 fully saturated rings. The lowest BCUT2D eigenvalue weighted by atomic mass is 10.2. The fourth-order valence-corrected chi connectivity index (χ4v) is 1.82. The van der Waals surface area contributed by atoms with Crippen LogP contribution < -0.4 is 11.1 Å². The molecule has 2 aromatic rings. The summed E-state index contributed by atoms with van der Waals surface area (Å²) in [6.45, 7) is 1.79. The molecule has 0 unspecified atom stereocenters. The number of nitrogens with two attached hydrogens (primary N) is 1. The highest BCUT2D eigenvalue weighted by Gasteiger charge is 2.10.